The van der Waals surface area contributed by atoms with Gasteiger partial charge < -0.3 is 10.5 Å². The van der Waals surface area contributed by atoms with Crippen LogP contribution in [-0.2, 0) is 6.42 Å². The fourth-order valence-electron chi connectivity index (χ4n) is 1.44. The van der Waals surface area contributed by atoms with Crippen LogP contribution in [0.3, 0.4) is 0 Å². The molecule has 0 radical (unpaired) electrons. The van der Waals surface area contributed by atoms with Crippen molar-refractivity contribution < 1.29 is 4.74 Å². The van der Waals surface area contributed by atoms with Gasteiger partial charge in [-0.25, -0.2) is 4.98 Å². The number of nitrogens with zero attached hydrogens (tertiary/aromatic N) is 2. The number of nitrogen functional groups attached to an aromatic ring is 1. The summed E-state index contributed by atoms with van der Waals surface area (Å²) in [6.07, 6.45) is 2.55. The summed E-state index contributed by atoms with van der Waals surface area (Å²) in [4.78, 5) is 8.46. The summed E-state index contributed by atoms with van der Waals surface area (Å²) in [6, 6.07) is 9.42. The Morgan fingerprint density at radius 3 is 2.82 bits per heavy atom. The fraction of sp³-hybridized carbons (Fsp3) is 0.231. The van der Waals surface area contributed by atoms with Gasteiger partial charge in [-0.2, -0.15) is 0 Å². The van der Waals surface area contributed by atoms with Crippen molar-refractivity contribution in [1.82, 2.24) is 9.97 Å². The largest absolute Gasteiger partial charge is 0.477 e. The van der Waals surface area contributed by atoms with E-state index in [-0.39, 0.29) is 0 Å². The zero-order chi connectivity index (χ0) is 12.1. The van der Waals surface area contributed by atoms with E-state index >= 15 is 0 Å². The average Bonchev–Trinajstić information content (AvgIpc) is 2.35. The Kier molecular flexibility index (Phi) is 3.55. The lowest BCUT2D eigenvalue weighted by Gasteiger charge is -2.06. The molecule has 0 amide bonds. The van der Waals surface area contributed by atoms with Crippen LogP contribution in [0.2, 0.25) is 0 Å². The standard InChI is InChI=1S/C13H15N3O/c1-10-12(14)5-6-13(16-10)17-9-7-11-4-2-3-8-15-11/h2-6,8H,7,9,14H2,1H3. The molecule has 2 N–H and O–H groups in total. The van der Waals surface area contributed by atoms with Gasteiger partial charge in [0.2, 0.25) is 5.88 Å². The first kappa shape index (κ1) is 11.4. The smallest absolute Gasteiger partial charge is 0.213 e. The molecule has 0 atom stereocenters. The molecule has 4 nitrogen and oxygen atoms in total. The van der Waals surface area contributed by atoms with Gasteiger partial charge in [0.15, 0.2) is 0 Å². The quantitative estimate of drug-likeness (QED) is 0.871. The first-order chi connectivity index (χ1) is 8.25. The van der Waals surface area contributed by atoms with Gasteiger partial charge >= 0.3 is 0 Å². The van der Waals surface area contributed by atoms with E-state index in [1.165, 1.54) is 0 Å². The first-order valence-electron chi connectivity index (χ1n) is 5.51. The van der Waals surface area contributed by atoms with Crippen molar-refractivity contribution in [1.29, 1.82) is 0 Å². The van der Waals surface area contributed by atoms with Gasteiger partial charge in [0.05, 0.1) is 18.0 Å². The van der Waals surface area contributed by atoms with E-state index in [0.29, 0.717) is 18.2 Å². The van der Waals surface area contributed by atoms with Crippen LogP contribution in [0, 0.1) is 6.92 Å². The summed E-state index contributed by atoms with van der Waals surface area (Å²) in [5, 5.41) is 0. The highest BCUT2D eigenvalue weighted by Gasteiger charge is 2.00. The second-order valence-corrected chi connectivity index (χ2v) is 3.74. The Morgan fingerprint density at radius 1 is 1.24 bits per heavy atom. The summed E-state index contributed by atoms with van der Waals surface area (Å²) >= 11 is 0. The molecule has 4 heteroatoms. The van der Waals surface area contributed by atoms with Crippen LogP contribution >= 0.6 is 0 Å². The second-order valence-electron chi connectivity index (χ2n) is 3.74. The van der Waals surface area contributed by atoms with Gasteiger partial charge in [-0.15, -0.1) is 0 Å². The summed E-state index contributed by atoms with van der Waals surface area (Å²) in [6.45, 7) is 2.42. The predicted octanol–water partition coefficient (Wildman–Crippen LogP) is 1.99. The minimum Gasteiger partial charge on any atom is -0.477 e. The maximum absolute atomic E-state index is 5.68. The fourth-order valence-corrected chi connectivity index (χ4v) is 1.44. The molecule has 2 rings (SSSR count). The average molecular weight is 229 g/mol. The number of hydrogen-bond acceptors (Lipinski definition) is 4. The lowest BCUT2D eigenvalue weighted by atomic mass is 10.3. The molecule has 88 valence electrons. The maximum Gasteiger partial charge on any atom is 0.213 e. The van der Waals surface area contributed by atoms with E-state index in [2.05, 4.69) is 9.97 Å². The van der Waals surface area contributed by atoms with Crippen LogP contribution in [-0.4, -0.2) is 16.6 Å². The zero-order valence-corrected chi connectivity index (χ0v) is 9.76. The van der Waals surface area contributed by atoms with E-state index in [0.717, 1.165) is 17.8 Å². The predicted molar refractivity (Wildman–Crippen MR) is 66.8 cm³/mol. The molecular formula is C13H15N3O. The first-order valence-corrected chi connectivity index (χ1v) is 5.51. The monoisotopic (exact) mass is 229 g/mol. The molecule has 0 fully saturated rings. The lowest BCUT2D eigenvalue weighted by Crippen LogP contribution is -2.04. The molecular weight excluding hydrogens is 214 g/mol. The van der Waals surface area contributed by atoms with Crippen molar-refractivity contribution in [2.75, 3.05) is 12.3 Å². The van der Waals surface area contributed by atoms with Crippen LogP contribution in [0.15, 0.2) is 36.5 Å². The number of anilines is 1. The third-order valence-electron chi connectivity index (χ3n) is 2.44. The van der Waals surface area contributed by atoms with Gasteiger partial charge in [-0.1, -0.05) is 6.07 Å². The Hall–Kier alpha value is -2.10. The highest BCUT2D eigenvalue weighted by atomic mass is 16.5. The SMILES string of the molecule is Cc1nc(OCCc2ccccn2)ccc1N. The molecule has 0 spiro atoms. The van der Waals surface area contributed by atoms with E-state index < -0.39 is 0 Å². The van der Waals surface area contributed by atoms with Gasteiger partial charge in [-0.05, 0) is 25.1 Å². The Morgan fingerprint density at radius 2 is 2.12 bits per heavy atom. The van der Waals surface area contributed by atoms with E-state index in [1.807, 2.05) is 25.1 Å². The van der Waals surface area contributed by atoms with E-state index in [9.17, 15) is 0 Å². The topological polar surface area (TPSA) is 61.0 Å². The molecule has 0 unspecified atom stereocenters. The lowest BCUT2D eigenvalue weighted by molar-refractivity contribution is 0.308. The van der Waals surface area contributed by atoms with E-state index in [1.54, 1.807) is 18.3 Å². The van der Waals surface area contributed by atoms with Crippen molar-refractivity contribution in [2.45, 2.75) is 13.3 Å². The maximum atomic E-state index is 5.68. The summed E-state index contributed by atoms with van der Waals surface area (Å²) in [7, 11) is 0. The highest BCUT2D eigenvalue weighted by molar-refractivity contribution is 5.43. The van der Waals surface area contributed by atoms with Crippen molar-refractivity contribution >= 4 is 5.69 Å². The number of rotatable bonds is 4. The number of hydrogen-bond donors (Lipinski definition) is 1. The molecule has 0 bridgehead atoms. The van der Waals surface area contributed by atoms with Crippen molar-refractivity contribution in [3.8, 4) is 5.88 Å². The number of aromatic nitrogens is 2. The van der Waals surface area contributed by atoms with Gasteiger partial charge in [0.1, 0.15) is 0 Å². The van der Waals surface area contributed by atoms with Crippen LogP contribution in [0.25, 0.3) is 0 Å². The molecule has 0 saturated carbocycles. The van der Waals surface area contributed by atoms with Crippen molar-refractivity contribution in [3.63, 3.8) is 0 Å². The van der Waals surface area contributed by atoms with Crippen LogP contribution in [0.1, 0.15) is 11.4 Å². The summed E-state index contributed by atoms with van der Waals surface area (Å²) in [5.74, 6) is 0.604. The minimum atomic E-state index is 0.563. The Bertz CT molecular complexity index is 485. The number of aryl methyl sites for hydroxylation is 1. The third kappa shape index (κ3) is 3.17. The molecule has 0 saturated heterocycles. The minimum absolute atomic E-state index is 0.563. The zero-order valence-electron chi connectivity index (χ0n) is 9.76. The Labute approximate surface area is 100 Å². The normalized spacial score (nSPS) is 10.2. The van der Waals surface area contributed by atoms with Crippen molar-refractivity contribution in [2.24, 2.45) is 0 Å². The molecule has 2 heterocycles. The van der Waals surface area contributed by atoms with Gasteiger partial charge in [-0.3, -0.25) is 4.98 Å². The van der Waals surface area contributed by atoms with Crippen LogP contribution < -0.4 is 10.5 Å². The van der Waals surface area contributed by atoms with Gasteiger partial charge in [0.25, 0.3) is 0 Å². The Balaban J connectivity index is 1.88. The van der Waals surface area contributed by atoms with Crippen molar-refractivity contribution in [3.05, 3.63) is 47.9 Å². The second kappa shape index (κ2) is 5.30. The number of pyridine rings is 2. The molecule has 2 aromatic rings. The molecule has 17 heavy (non-hydrogen) atoms. The number of ether oxygens (including phenoxy) is 1. The van der Waals surface area contributed by atoms with Crippen LogP contribution in [0.5, 0.6) is 5.88 Å². The molecule has 0 aromatic carbocycles. The van der Waals surface area contributed by atoms with Gasteiger partial charge in [0, 0.05) is 24.4 Å². The molecule has 0 aliphatic carbocycles. The summed E-state index contributed by atoms with van der Waals surface area (Å²) in [5.41, 5.74) is 8.17. The third-order valence-corrected chi connectivity index (χ3v) is 2.44. The summed E-state index contributed by atoms with van der Waals surface area (Å²) < 4.78 is 5.54. The molecule has 0 aliphatic rings. The highest BCUT2D eigenvalue weighted by Crippen LogP contribution is 2.13. The van der Waals surface area contributed by atoms with E-state index in [4.69, 9.17) is 10.5 Å². The van der Waals surface area contributed by atoms with Crippen LogP contribution in [0.4, 0.5) is 5.69 Å². The molecule has 2 aromatic heterocycles. The molecule has 0 aliphatic heterocycles. The number of nitrogens with two attached hydrogens (primary N) is 1.